The summed E-state index contributed by atoms with van der Waals surface area (Å²) in [6, 6.07) is 11.6. The second-order valence-electron chi connectivity index (χ2n) is 3.51. The van der Waals surface area contributed by atoms with Gasteiger partial charge in [-0.05, 0) is 37.3 Å². The van der Waals surface area contributed by atoms with Crippen LogP contribution in [0.25, 0.3) is 11.3 Å². The van der Waals surface area contributed by atoms with Gasteiger partial charge in [-0.1, -0.05) is 17.7 Å². The average molecular weight is 234 g/mol. The standard InChI is InChI=1S/C13H12ClNO/c1-9-4-3-5-12(15-9)10-6-7-13(16-2)11(14)8-10/h3-8H,1-2H3. The topological polar surface area (TPSA) is 22.1 Å². The Hall–Kier alpha value is -1.54. The molecule has 1 aromatic carbocycles. The van der Waals surface area contributed by atoms with Crippen LogP contribution in [0, 0.1) is 6.92 Å². The summed E-state index contributed by atoms with van der Waals surface area (Å²) in [5, 5.41) is 0.600. The van der Waals surface area contributed by atoms with Crippen molar-refractivity contribution in [3.63, 3.8) is 0 Å². The van der Waals surface area contributed by atoms with Crippen molar-refractivity contribution in [3.05, 3.63) is 47.1 Å². The predicted octanol–water partition coefficient (Wildman–Crippen LogP) is 3.72. The van der Waals surface area contributed by atoms with Crippen LogP contribution in [0.15, 0.2) is 36.4 Å². The van der Waals surface area contributed by atoms with Gasteiger partial charge in [0.05, 0.1) is 17.8 Å². The van der Waals surface area contributed by atoms with Crippen molar-refractivity contribution >= 4 is 11.6 Å². The molecule has 3 heteroatoms. The van der Waals surface area contributed by atoms with E-state index in [1.807, 2.05) is 43.3 Å². The molecule has 0 fully saturated rings. The molecule has 2 rings (SSSR count). The second-order valence-corrected chi connectivity index (χ2v) is 3.92. The molecule has 0 spiro atoms. The van der Waals surface area contributed by atoms with Crippen LogP contribution in [0.2, 0.25) is 5.02 Å². The van der Waals surface area contributed by atoms with Crippen LogP contribution in [-0.4, -0.2) is 12.1 Å². The lowest BCUT2D eigenvalue weighted by atomic mass is 10.1. The minimum absolute atomic E-state index is 0.600. The van der Waals surface area contributed by atoms with Crippen molar-refractivity contribution in [2.45, 2.75) is 6.92 Å². The van der Waals surface area contributed by atoms with Crippen LogP contribution in [0.3, 0.4) is 0 Å². The number of hydrogen-bond acceptors (Lipinski definition) is 2. The Kier molecular flexibility index (Phi) is 3.11. The van der Waals surface area contributed by atoms with Gasteiger partial charge >= 0.3 is 0 Å². The number of hydrogen-bond donors (Lipinski definition) is 0. The molecule has 0 radical (unpaired) electrons. The van der Waals surface area contributed by atoms with Gasteiger partial charge < -0.3 is 4.74 Å². The first-order valence-corrected chi connectivity index (χ1v) is 5.36. The summed E-state index contributed by atoms with van der Waals surface area (Å²) in [6.07, 6.45) is 0. The maximum Gasteiger partial charge on any atom is 0.137 e. The Balaban J connectivity index is 2.45. The van der Waals surface area contributed by atoms with E-state index in [1.54, 1.807) is 7.11 Å². The van der Waals surface area contributed by atoms with Crippen LogP contribution >= 0.6 is 11.6 Å². The van der Waals surface area contributed by atoms with Crippen LogP contribution in [-0.2, 0) is 0 Å². The zero-order valence-corrected chi connectivity index (χ0v) is 9.95. The van der Waals surface area contributed by atoms with E-state index in [0.717, 1.165) is 17.0 Å². The zero-order valence-electron chi connectivity index (χ0n) is 9.20. The molecule has 0 aliphatic heterocycles. The van der Waals surface area contributed by atoms with Gasteiger partial charge in [0.25, 0.3) is 0 Å². The lowest BCUT2D eigenvalue weighted by molar-refractivity contribution is 0.415. The third-order valence-electron chi connectivity index (χ3n) is 2.34. The van der Waals surface area contributed by atoms with E-state index in [-0.39, 0.29) is 0 Å². The first-order valence-electron chi connectivity index (χ1n) is 4.98. The van der Waals surface area contributed by atoms with Gasteiger partial charge in [-0.2, -0.15) is 0 Å². The molecular weight excluding hydrogens is 222 g/mol. The average Bonchev–Trinajstić information content (AvgIpc) is 2.29. The fourth-order valence-electron chi connectivity index (χ4n) is 1.53. The highest BCUT2D eigenvalue weighted by Gasteiger charge is 2.04. The number of pyridine rings is 1. The van der Waals surface area contributed by atoms with Gasteiger partial charge in [0, 0.05) is 11.3 Å². The van der Waals surface area contributed by atoms with Crippen molar-refractivity contribution in [2.75, 3.05) is 7.11 Å². The van der Waals surface area contributed by atoms with Crippen molar-refractivity contribution in [1.29, 1.82) is 0 Å². The third kappa shape index (κ3) is 2.17. The van der Waals surface area contributed by atoms with Crippen LogP contribution < -0.4 is 4.74 Å². The Morgan fingerprint density at radius 3 is 2.62 bits per heavy atom. The molecular formula is C13H12ClNO. The largest absolute Gasteiger partial charge is 0.495 e. The van der Waals surface area contributed by atoms with Crippen LogP contribution in [0.1, 0.15) is 5.69 Å². The summed E-state index contributed by atoms with van der Waals surface area (Å²) in [6.45, 7) is 1.97. The molecule has 1 aromatic heterocycles. The molecule has 0 atom stereocenters. The van der Waals surface area contributed by atoms with Gasteiger partial charge in [0.15, 0.2) is 0 Å². The van der Waals surface area contributed by atoms with Gasteiger partial charge in [-0.25, -0.2) is 0 Å². The van der Waals surface area contributed by atoms with E-state index in [9.17, 15) is 0 Å². The molecule has 0 bridgehead atoms. The molecule has 0 N–H and O–H groups in total. The highest BCUT2D eigenvalue weighted by molar-refractivity contribution is 6.32. The molecule has 0 saturated carbocycles. The molecule has 0 amide bonds. The fraction of sp³-hybridized carbons (Fsp3) is 0.154. The molecule has 16 heavy (non-hydrogen) atoms. The van der Waals surface area contributed by atoms with E-state index in [4.69, 9.17) is 16.3 Å². The number of methoxy groups -OCH3 is 1. The SMILES string of the molecule is COc1ccc(-c2cccc(C)n2)cc1Cl. The van der Waals surface area contributed by atoms with Gasteiger partial charge in [0.2, 0.25) is 0 Å². The summed E-state index contributed by atoms with van der Waals surface area (Å²) >= 11 is 6.07. The Labute approximate surface area is 99.9 Å². The van der Waals surface area contributed by atoms with Crippen molar-refractivity contribution in [3.8, 4) is 17.0 Å². The second kappa shape index (κ2) is 4.54. The maximum atomic E-state index is 6.07. The summed E-state index contributed by atoms with van der Waals surface area (Å²) in [4.78, 5) is 4.44. The van der Waals surface area contributed by atoms with Gasteiger partial charge in [-0.15, -0.1) is 0 Å². The highest BCUT2D eigenvalue weighted by atomic mass is 35.5. The van der Waals surface area contributed by atoms with E-state index in [2.05, 4.69) is 4.98 Å². The van der Waals surface area contributed by atoms with E-state index >= 15 is 0 Å². The smallest absolute Gasteiger partial charge is 0.137 e. The number of aromatic nitrogens is 1. The molecule has 2 aromatic rings. The lowest BCUT2D eigenvalue weighted by Crippen LogP contribution is -1.88. The first kappa shape index (κ1) is 11.0. The van der Waals surface area contributed by atoms with Crippen molar-refractivity contribution in [1.82, 2.24) is 4.98 Å². The molecule has 0 saturated heterocycles. The number of aryl methyl sites for hydroxylation is 1. The number of halogens is 1. The molecule has 1 heterocycles. The summed E-state index contributed by atoms with van der Waals surface area (Å²) in [7, 11) is 1.60. The summed E-state index contributed by atoms with van der Waals surface area (Å²) in [5.74, 6) is 0.679. The minimum atomic E-state index is 0.600. The zero-order chi connectivity index (χ0) is 11.5. The monoisotopic (exact) mass is 233 g/mol. The first-order chi connectivity index (χ1) is 7.70. The van der Waals surface area contributed by atoms with Crippen molar-refractivity contribution < 1.29 is 4.74 Å². The van der Waals surface area contributed by atoms with E-state index < -0.39 is 0 Å². The van der Waals surface area contributed by atoms with Crippen molar-refractivity contribution in [2.24, 2.45) is 0 Å². The predicted molar refractivity (Wildman–Crippen MR) is 66.0 cm³/mol. The summed E-state index contributed by atoms with van der Waals surface area (Å²) < 4.78 is 5.11. The molecule has 2 nitrogen and oxygen atoms in total. The molecule has 82 valence electrons. The highest BCUT2D eigenvalue weighted by Crippen LogP contribution is 2.29. The Morgan fingerprint density at radius 1 is 1.19 bits per heavy atom. The molecule has 0 aliphatic carbocycles. The molecule has 0 aliphatic rings. The van der Waals surface area contributed by atoms with E-state index in [0.29, 0.717) is 10.8 Å². The van der Waals surface area contributed by atoms with E-state index in [1.165, 1.54) is 0 Å². The maximum absolute atomic E-state index is 6.07. The molecule has 0 unspecified atom stereocenters. The fourth-order valence-corrected chi connectivity index (χ4v) is 1.79. The van der Waals surface area contributed by atoms with Gasteiger partial charge in [0.1, 0.15) is 5.75 Å². The number of nitrogens with zero attached hydrogens (tertiary/aromatic N) is 1. The quantitative estimate of drug-likeness (QED) is 0.789. The lowest BCUT2D eigenvalue weighted by Gasteiger charge is -2.06. The van der Waals surface area contributed by atoms with Gasteiger partial charge in [-0.3, -0.25) is 4.98 Å². The Morgan fingerprint density at radius 2 is 2.00 bits per heavy atom. The normalized spacial score (nSPS) is 10.2. The minimum Gasteiger partial charge on any atom is -0.495 e. The summed E-state index contributed by atoms with van der Waals surface area (Å²) in [5.41, 5.74) is 2.91. The number of benzene rings is 1. The Bertz CT molecular complexity index is 511. The third-order valence-corrected chi connectivity index (χ3v) is 2.63. The van der Waals surface area contributed by atoms with Crippen LogP contribution in [0.4, 0.5) is 0 Å². The number of ether oxygens (including phenoxy) is 1. The number of rotatable bonds is 2. The van der Waals surface area contributed by atoms with Crippen LogP contribution in [0.5, 0.6) is 5.75 Å².